The highest BCUT2D eigenvalue weighted by atomic mass is 16.7. The van der Waals surface area contributed by atoms with E-state index in [9.17, 15) is 4.79 Å². The van der Waals surface area contributed by atoms with Gasteiger partial charge in [-0.05, 0) is 6.92 Å². The summed E-state index contributed by atoms with van der Waals surface area (Å²) in [5.41, 5.74) is 1.71. The molecule has 0 aliphatic carbocycles. The van der Waals surface area contributed by atoms with Crippen LogP contribution in [0.5, 0.6) is 0 Å². The smallest absolute Gasteiger partial charge is 0.357 e. The summed E-state index contributed by atoms with van der Waals surface area (Å²) in [6.07, 6.45) is 1.54. The number of carbonyl (C=O) groups is 1. The van der Waals surface area contributed by atoms with Crippen molar-refractivity contribution in [2.24, 2.45) is 0 Å². The van der Waals surface area contributed by atoms with Gasteiger partial charge in [0.1, 0.15) is 5.69 Å². The SMILES string of the molecule is CCOCOCOC(=O)c1cc2occc2[nH]1. The molecule has 0 unspecified atom stereocenters. The molecule has 0 aromatic carbocycles. The van der Waals surface area contributed by atoms with Crippen LogP contribution < -0.4 is 0 Å². The Morgan fingerprint density at radius 1 is 1.41 bits per heavy atom. The van der Waals surface area contributed by atoms with E-state index >= 15 is 0 Å². The third-order valence-electron chi connectivity index (χ3n) is 2.10. The molecule has 2 aromatic rings. The summed E-state index contributed by atoms with van der Waals surface area (Å²) in [6.45, 7) is 2.38. The van der Waals surface area contributed by atoms with E-state index in [2.05, 4.69) is 4.98 Å². The zero-order chi connectivity index (χ0) is 12.1. The molecule has 0 radical (unpaired) electrons. The summed E-state index contributed by atoms with van der Waals surface area (Å²) in [4.78, 5) is 14.4. The zero-order valence-electron chi connectivity index (χ0n) is 9.39. The normalized spacial score (nSPS) is 10.9. The van der Waals surface area contributed by atoms with Crippen LogP contribution in [0, 0.1) is 0 Å². The molecule has 17 heavy (non-hydrogen) atoms. The van der Waals surface area contributed by atoms with Gasteiger partial charge >= 0.3 is 5.97 Å². The summed E-state index contributed by atoms with van der Waals surface area (Å²) >= 11 is 0. The second-order valence-corrected chi connectivity index (χ2v) is 3.25. The number of hydrogen-bond acceptors (Lipinski definition) is 5. The minimum Gasteiger partial charge on any atom is -0.463 e. The van der Waals surface area contributed by atoms with Crippen molar-refractivity contribution < 1.29 is 23.4 Å². The summed E-state index contributed by atoms with van der Waals surface area (Å²) in [5, 5.41) is 0. The van der Waals surface area contributed by atoms with Crippen LogP contribution in [0.4, 0.5) is 0 Å². The molecule has 0 amide bonds. The summed E-state index contributed by atoms with van der Waals surface area (Å²) in [6, 6.07) is 3.32. The average Bonchev–Trinajstić information content (AvgIpc) is 2.88. The van der Waals surface area contributed by atoms with Gasteiger partial charge < -0.3 is 23.6 Å². The summed E-state index contributed by atoms with van der Waals surface area (Å²) < 4.78 is 19.8. The monoisotopic (exact) mass is 239 g/mol. The number of nitrogens with one attached hydrogen (secondary N) is 1. The van der Waals surface area contributed by atoms with Crippen LogP contribution in [0.15, 0.2) is 22.8 Å². The molecule has 0 spiro atoms. The standard InChI is InChI=1S/C11H13NO5/c1-2-14-6-15-7-17-11(13)9-5-10-8(12-9)3-4-16-10/h3-5,12H,2,6-7H2,1H3. The third-order valence-corrected chi connectivity index (χ3v) is 2.10. The molecule has 0 saturated carbocycles. The second kappa shape index (κ2) is 5.51. The maximum Gasteiger partial charge on any atom is 0.357 e. The lowest BCUT2D eigenvalue weighted by molar-refractivity contribution is -0.110. The molecule has 0 atom stereocenters. The maximum absolute atomic E-state index is 11.5. The van der Waals surface area contributed by atoms with Gasteiger partial charge in [-0.3, -0.25) is 0 Å². The lowest BCUT2D eigenvalue weighted by Gasteiger charge is -2.04. The molecule has 0 aliphatic heterocycles. The number of esters is 1. The first-order valence-corrected chi connectivity index (χ1v) is 5.20. The molecule has 0 saturated heterocycles. The Hall–Kier alpha value is -1.79. The van der Waals surface area contributed by atoms with Gasteiger partial charge in [0.2, 0.25) is 0 Å². The number of aromatic nitrogens is 1. The van der Waals surface area contributed by atoms with Crippen molar-refractivity contribution in [3.05, 3.63) is 24.1 Å². The van der Waals surface area contributed by atoms with Crippen LogP contribution in [0.2, 0.25) is 0 Å². The minimum absolute atomic E-state index is 0.108. The number of ether oxygens (including phenoxy) is 3. The van der Waals surface area contributed by atoms with E-state index in [0.717, 1.165) is 5.52 Å². The van der Waals surface area contributed by atoms with Crippen molar-refractivity contribution in [2.45, 2.75) is 6.92 Å². The van der Waals surface area contributed by atoms with Crippen LogP contribution in [-0.4, -0.2) is 31.1 Å². The number of furan rings is 1. The largest absolute Gasteiger partial charge is 0.463 e. The maximum atomic E-state index is 11.5. The second-order valence-electron chi connectivity index (χ2n) is 3.25. The lowest BCUT2D eigenvalue weighted by Crippen LogP contribution is -2.10. The van der Waals surface area contributed by atoms with E-state index < -0.39 is 5.97 Å². The highest BCUT2D eigenvalue weighted by Crippen LogP contribution is 2.16. The van der Waals surface area contributed by atoms with E-state index in [1.807, 2.05) is 6.92 Å². The first kappa shape index (κ1) is 11.7. The Bertz CT molecular complexity index is 458. The topological polar surface area (TPSA) is 73.7 Å². The van der Waals surface area contributed by atoms with Crippen LogP contribution in [0.25, 0.3) is 11.1 Å². The van der Waals surface area contributed by atoms with Crippen molar-refractivity contribution in [2.75, 3.05) is 20.2 Å². The number of rotatable bonds is 6. The predicted octanol–water partition coefficient (Wildman–Crippen LogP) is 1.89. The van der Waals surface area contributed by atoms with E-state index in [4.69, 9.17) is 18.6 Å². The Kier molecular flexibility index (Phi) is 3.79. The zero-order valence-corrected chi connectivity index (χ0v) is 9.39. The van der Waals surface area contributed by atoms with Crippen LogP contribution >= 0.6 is 0 Å². The molecule has 0 fully saturated rings. The fraction of sp³-hybridized carbons (Fsp3) is 0.364. The van der Waals surface area contributed by atoms with Gasteiger partial charge in [-0.25, -0.2) is 4.79 Å². The van der Waals surface area contributed by atoms with Crippen molar-refractivity contribution in [1.82, 2.24) is 4.98 Å². The molecule has 2 heterocycles. The van der Waals surface area contributed by atoms with Gasteiger partial charge in [-0.15, -0.1) is 0 Å². The fourth-order valence-electron chi connectivity index (χ4n) is 1.31. The van der Waals surface area contributed by atoms with Gasteiger partial charge in [0.25, 0.3) is 0 Å². The Morgan fingerprint density at radius 2 is 2.29 bits per heavy atom. The first-order chi connectivity index (χ1) is 8.31. The molecule has 2 aromatic heterocycles. The van der Waals surface area contributed by atoms with Gasteiger partial charge in [0.15, 0.2) is 19.2 Å². The highest BCUT2D eigenvalue weighted by molar-refractivity contribution is 5.93. The fourth-order valence-corrected chi connectivity index (χ4v) is 1.31. The average molecular weight is 239 g/mol. The molecule has 6 heteroatoms. The Morgan fingerprint density at radius 3 is 3.06 bits per heavy atom. The minimum atomic E-state index is -0.493. The van der Waals surface area contributed by atoms with Crippen molar-refractivity contribution in [1.29, 1.82) is 0 Å². The quantitative estimate of drug-likeness (QED) is 0.473. The molecule has 0 aliphatic rings. The lowest BCUT2D eigenvalue weighted by atomic mass is 10.4. The number of fused-ring (bicyclic) bond motifs is 1. The van der Waals surface area contributed by atoms with Crippen LogP contribution in [0.1, 0.15) is 17.4 Å². The first-order valence-electron chi connectivity index (χ1n) is 5.20. The number of hydrogen-bond donors (Lipinski definition) is 1. The molecule has 0 bridgehead atoms. The van der Waals surface area contributed by atoms with Gasteiger partial charge in [0, 0.05) is 18.7 Å². The van der Waals surface area contributed by atoms with Crippen molar-refractivity contribution >= 4 is 17.1 Å². The van der Waals surface area contributed by atoms with Gasteiger partial charge in [0.05, 0.1) is 11.8 Å². The van der Waals surface area contributed by atoms with Crippen LogP contribution in [0.3, 0.4) is 0 Å². The van der Waals surface area contributed by atoms with Crippen LogP contribution in [-0.2, 0) is 14.2 Å². The van der Waals surface area contributed by atoms with E-state index in [1.165, 1.54) is 0 Å². The van der Waals surface area contributed by atoms with Gasteiger partial charge in [-0.2, -0.15) is 0 Å². The van der Waals surface area contributed by atoms with Crippen molar-refractivity contribution in [3.63, 3.8) is 0 Å². The van der Waals surface area contributed by atoms with Crippen molar-refractivity contribution in [3.8, 4) is 0 Å². The molecular formula is C11H13NO5. The molecule has 92 valence electrons. The predicted molar refractivity (Wildman–Crippen MR) is 58.4 cm³/mol. The molecule has 6 nitrogen and oxygen atoms in total. The number of H-pyrrole nitrogens is 1. The summed E-state index contributed by atoms with van der Waals surface area (Å²) in [7, 11) is 0. The third kappa shape index (κ3) is 2.86. The number of aromatic amines is 1. The molecule has 2 rings (SSSR count). The number of carbonyl (C=O) groups excluding carboxylic acids is 1. The van der Waals surface area contributed by atoms with Gasteiger partial charge in [-0.1, -0.05) is 0 Å². The van der Waals surface area contributed by atoms with E-state index in [0.29, 0.717) is 17.9 Å². The molecule has 1 N–H and O–H groups in total. The highest BCUT2D eigenvalue weighted by Gasteiger charge is 2.12. The molecular weight excluding hydrogens is 226 g/mol. The Balaban J connectivity index is 1.81. The van der Waals surface area contributed by atoms with E-state index in [1.54, 1.807) is 18.4 Å². The van der Waals surface area contributed by atoms with E-state index in [-0.39, 0.29) is 13.6 Å². The summed E-state index contributed by atoms with van der Waals surface area (Å²) in [5.74, 6) is -0.493. The Labute approximate surface area is 97.4 Å².